The summed E-state index contributed by atoms with van der Waals surface area (Å²) in [5.74, 6) is -4.27. The molecule has 1 unspecified atom stereocenters. The summed E-state index contributed by atoms with van der Waals surface area (Å²) in [5, 5.41) is 40.3. The Morgan fingerprint density at radius 3 is 1.82 bits per heavy atom. The fraction of sp³-hybridized carbons (Fsp3) is 0.477. The number of rotatable bonds is 4. The van der Waals surface area contributed by atoms with Crippen LogP contribution in [-0.4, -0.2) is 99.9 Å². The van der Waals surface area contributed by atoms with Crippen molar-refractivity contribution in [3.8, 4) is 17.2 Å². The monoisotopic (exact) mass is 864 g/mol. The lowest BCUT2D eigenvalue weighted by atomic mass is 9.98. The second-order valence-corrected chi connectivity index (χ2v) is 15.4. The van der Waals surface area contributed by atoms with Crippen LogP contribution in [-0.2, 0) is 23.7 Å². The number of phenolic OH excluding ortho intramolecular Hbond substituents is 1. The lowest BCUT2D eigenvalue weighted by Gasteiger charge is -2.22. The molecule has 3 heterocycles. The third-order valence-corrected chi connectivity index (χ3v) is 10.1. The van der Waals surface area contributed by atoms with Gasteiger partial charge in [0, 0.05) is 17.9 Å². The summed E-state index contributed by atoms with van der Waals surface area (Å²) in [4.78, 5) is 38.3. The lowest BCUT2D eigenvalue weighted by molar-refractivity contribution is -0.152. The van der Waals surface area contributed by atoms with Crippen molar-refractivity contribution in [2.45, 2.75) is 123 Å². The first-order valence-electron chi connectivity index (χ1n) is 19.5. The zero-order chi connectivity index (χ0) is 45.3. The summed E-state index contributed by atoms with van der Waals surface area (Å²) in [6.45, 7) is 5.83. The lowest BCUT2D eigenvalue weighted by Crippen LogP contribution is -2.36. The number of aryl methyl sites for hydroxylation is 1. The Bertz CT molecular complexity index is 1990. The summed E-state index contributed by atoms with van der Waals surface area (Å²) in [6, 6.07) is 4.75. The maximum atomic E-state index is 12.9. The Hall–Kier alpha value is -5.07. The molecule has 2 aromatic carbocycles. The van der Waals surface area contributed by atoms with Gasteiger partial charge in [0.15, 0.2) is 11.6 Å². The van der Waals surface area contributed by atoms with Crippen molar-refractivity contribution in [2.75, 3.05) is 0 Å². The van der Waals surface area contributed by atoms with Crippen LogP contribution in [0.25, 0.3) is 12.2 Å². The highest BCUT2D eigenvalue weighted by Crippen LogP contribution is 2.34. The quantitative estimate of drug-likeness (QED) is 0.139. The van der Waals surface area contributed by atoms with E-state index in [-0.39, 0.29) is 52.2 Å². The zero-order valence-electron chi connectivity index (χ0n) is 34.7. The minimum absolute atomic E-state index is 0.0281. The van der Waals surface area contributed by atoms with E-state index in [1.807, 2.05) is 6.92 Å². The van der Waals surface area contributed by atoms with Crippen LogP contribution in [0.2, 0.25) is 0 Å². The first-order valence-corrected chi connectivity index (χ1v) is 19.5. The molecule has 0 bridgehead atoms. The van der Waals surface area contributed by atoms with E-state index in [4.69, 9.17) is 18.9 Å². The molecule has 0 aromatic heterocycles. The second-order valence-electron chi connectivity index (χ2n) is 15.4. The smallest absolute Gasteiger partial charge is 0.387 e. The molecular formula is C44H52F4O13. The predicted molar refractivity (Wildman–Crippen MR) is 213 cm³/mol. The highest BCUT2D eigenvalue weighted by Gasteiger charge is 2.43. The van der Waals surface area contributed by atoms with Crippen LogP contribution in [0.5, 0.6) is 17.2 Å². The van der Waals surface area contributed by atoms with Crippen molar-refractivity contribution in [1.29, 1.82) is 0 Å². The van der Waals surface area contributed by atoms with Gasteiger partial charge in [0.25, 0.3) is 0 Å². The number of hydrogen-bond donors (Lipinski definition) is 4. The minimum Gasteiger partial charge on any atom is -0.507 e. The predicted octanol–water partition coefficient (Wildman–Crippen LogP) is 7.07. The van der Waals surface area contributed by atoms with Crippen LogP contribution >= 0.6 is 0 Å². The SMILES string of the molecule is C[C@@H]1/C=C\C(O)[C@@H](O)[C@@H](O)C/C=C/c2cc(OC(F)F)cc(O)c2C(=O)O[C@H]1C.Cc1cc(OC(F)F)cc2c1C(=O)O[C@@H](C)[C@H](C)/C=C\C(=O)[C@H]1OC(C)(C)O[C@H]1C/C=C/2. The third kappa shape index (κ3) is 13.5. The number of cyclic esters (lactones) is 2. The molecule has 1 fully saturated rings. The topological polar surface area (TPSA) is 188 Å². The Morgan fingerprint density at radius 2 is 1.23 bits per heavy atom. The van der Waals surface area contributed by atoms with E-state index in [0.717, 1.165) is 12.1 Å². The summed E-state index contributed by atoms with van der Waals surface area (Å²) in [6.07, 6.45) is 5.49. The van der Waals surface area contributed by atoms with Gasteiger partial charge in [-0.2, -0.15) is 17.6 Å². The van der Waals surface area contributed by atoms with Crippen molar-refractivity contribution in [3.63, 3.8) is 0 Å². The number of carbonyl (C=O) groups is 3. The van der Waals surface area contributed by atoms with Gasteiger partial charge in [-0.15, -0.1) is 0 Å². The number of aliphatic hydroxyl groups is 3. The van der Waals surface area contributed by atoms with Gasteiger partial charge < -0.3 is 48.8 Å². The average molecular weight is 865 g/mol. The van der Waals surface area contributed by atoms with Gasteiger partial charge in [-0.3, -0.25) is 4.79 Å². The molecular weight excluding hydrogens is 812 g/mol. The maximum absolute atomic E-state index is 12.9. The summed E-state index contributed by atoms with van der Waals surface area (Å²) >= 11 is 0. The van der Waals surface area contributed by atoms with Gasteiger partial charge in [0.2, 0.25) is 0 Å². The summed E-state index contributed by atoms with van der Waals surface area (Å²) in [7, 11) is 0. The van der Waals surface area contributed by atoms with E-state index in [2.05, 4.69) is 9.47 Å². The minimum atomic E-state index is -3.13. The molecule has 0 radical (unpaired) electrons. The summed E-state index contributed by atoms with van der Waals surface area (Å²) < 4.78 is 82.1. The number of ketones is 1. The number of esters is 2. The van der Waals surface area contributed by atoms with Crippen molar-refractivity contribution in [2.24, 2.45) is 11.8 Å². The highest BCUT2D eigenvalue weighted by atomic mass is 19.3. The largest absolute Gasteiger partial charge is 0.507 e. The zero-order valence-corrected chi connectivity index (χ0v) is 34.7. The molecule has 0 aliphatic carbocycles. The van der Waals surface area contributed by atoms with E-state index in [1.165, 1.54) is 42.5 Å². The van der Waals surface area contributed by atoms with Gasteiger partial charge in [-0.05, 0) is 88.4 Å². The van der Waals surface area contributed by atoms with Crippen LogP contribution in [0, 0.1) is 18.8 Å². The van der Waals surface area contributed by atoms with Crippen molar-refractivity contribution < 1.29 is 80.8 Å². The molecule has 17 heteroatoms. The molecule has 2 aromatic rings. The number of aromatic hydroxyl groups is 1. The number of fused-ring (bicyclic) bond motifs is 3. The van der Waals surface area contributed by atoms with E-state index in [0.29, 0.717) is 17.5 Å². The standard InChI is InChI=1S/C24H28F2O6.C20H24F2O7/c1-13-9-10-18(27)21-19(31-24(4,5)32-21)8-6-7-16-12-17(30-23(25)26)11-14(2)20(16)22(28)29-15(13)3;1-10-6-7-15(24)18(26)14(23)5-3-4-12-8-13(29-20(21)22)9-16(25)17(12)19(27)28-11(10)2/h6-7,9-13,15,19,21,23H,8H2,1-5H3;3-4,6-11,14-15,18,20,23-26H,5H2,1-2H3/b7-6+,10-9-;4-3+,7-6-/t13-,15+,19+,21-;10-,11+,14+,15?,18+/m11/s1. The maximum Gasteiger partial charge on any atom is 0.387 e. The van der Waals surface area contributed by atoms with Crippen molar-refractivity contribution >= 4 is 29.9 Å². The van der Waals surface area contributed by atoms with E-state index >= 15 is 0 Å². The molecule has 13 nitrogen and oxygen atoms in total. The molecule has 61 heavy (non-hydrogen) atoms. The molecule has 5 rings (SSSR count). The van der Waals surface area contributed by atoms with Crippen LogP contribution in [0.4, 0.5) is 17.6 Å². The van der Waals surface area contributed by atoms with Gasteiger partial charge >= 0.3 is 25.2 Å². The first kappa shape index (κ1) is 48.6. The number of halogens is 4. The Morgan fingerprint density at radius 1 is 0.705 bits per heavy atom. The fourth-order valence-corrected chi connectivity index (χ4v) is 6.52. The highest BCUT2D eigenvalue weighted by molar-refractivity contribution is 5.97. The molecule has 3 aliphatic heterocycles. The Kier molecular flexibility index (Phi) is 16.8. The molecule has 0 saturated carbocycles. The normalized spacial score (nSPS) is 30.4. The van der Waals surface area contributed by atoms with E-state index in [9.17, 15) is 52.4 Å². The third-order valence-electron chi connectivity index (χ3n) is 10.1. The molecule has 4 N–H and O–H groups in total. The molecule has 3 aliphatic rings. The number of hydrogen-bond acceptors (Lipinski definition) is 13. The summed E-state index contributed by atoms with van der Waals surface area (Å²) in [5.41, 5.74) is 0.863. The molecule has 334 valence electrons. The fourth-order valence-electron chi connectivity index (χ4n) is 6.52. The number of carbonyl (C=O) groups excluding carboxylic acids is 3. The number of alkyl halides is 4. The molecule has 0 amide bonds. The van der Waals surface area contributed by atoms with Crippen LogP contribution in [0.3, 0.4) is 0 Å². The van der Waals surface area contributed by atoms with Gasteiger partial charge in [0.1, 0.15) is 53.3 Å². The van der Waals surface area contributed by atoms with Crippen LogP contribution in [0.15, 0.2) is 60.7 Å². The second kappa shape index (κ2) is 21.1. The van der Waals surface area contributed by atoms with Crippen molar-refractivity contribution in [3.05, 3.63) is 88.5 Å². The number of phenols is 1. The number of ether oxygens (including phenoxy) is 6. The molecule has 9 atom stereocenters. The molecule has 0 spiro atoms. The van der Waals surface area contributed by atoms with Crippen LogP contribution in [0.1, 0.15) is 91.8 Å². The first-order chi connectivity index (χ1) is 28.6. The Labute approximate surface area is 350 Å². The van der Waals surface area contributed by atoms with Crippen molar-refractivity contribution in [1.82, 2.24) is 0 Å². The number of aliphatic hydroxyl groups excluding tert-OH is 3. The van der Waals surface area contributed by atoms with Crippen LogP contribution < -0.4 is 9.47 Å². The van der Waals surface area contributed by atoms with Gasteiger partial charge in [-0.25, -0.2) is 9.59 Å². The average Bonchev–Trinajstić information content (AvgIpc) is 3.47. The van der Waals surface area contributed by atoms with E-state index < -0.39 is 79.4 Å². The van der Waals surface area contributed by atoms with Gasteiger partial charge in [0.05, 0.1) is 17.8 Å². The number of benzene rings is 2. The molecule has 1 saturated heterocycles. The Balaban J connectivity index is 0.000000270. The van der Waals surface area contributed by atoms with E-state index in [1.54, 1.807) is 59.8 Å². The van der Waals surface area contributed by atoms with Gasteiger partial charge in [-0.1, -0.05) is 56.4 Å².